The van der Waals surface area contributed by atoms with Crippen molar-refractivity contribution < 1.29 is 14.6 Å². The fourth-order valence-corrected chi connectivity index (χ4v) is 2.39. The molecule has 1 aliphatic carbocycles. The average molecular weight is 271 g/mol. The molecular weight excluding hydrogens is 260 g/mol. The third-order valence-electron chi connectivity index (χ3n) is 2.82. The van der Waals surface area contributed by atoms with Gasteiger partial charge in [-0.1, -0.05) is 15.9 Å². The molecule has 0 bridgehead atoms. The van der Waals surface area contributed by atoms with Gasteiger partial charge in [-0.15, -0.1) is 0 Å². The van der Waals surface area contributed by atoms with E-state index in [-0.39, 0.29) is 11.2 Å². The van der Waals surface area contributed by atoms with Crippen LogP contribution in [0.3, 0.4) is 0 Å². The number of hydrogen-bond acceptors (Lipinski definition) is 3. The third kappa shape index (κ3) is 1.63. The van der Waals surface area contributed by atoms with E-state index < -0.39 is 0 Å². The maximum atomic E-state index is 11.0. The first-order valence-corrected chi connectivity index (χ1v) is 5.45. The average Bonchev–Trinajstić information content (AvgIpc) is 3.01. The minimum absolute atomic E-state index is 0.0730. The number of halogens is 1. The highest BCUT2D eigenvalue weighted by Gasteiger charge is 2.45. The summed E-state index contributed by atoms with van der Waals surface area (Å²) in [5.41, 5.74) is 0.457. The van der Waals surface area contributed by atoms with E-state index in [1.807, 2.05) is 0 Å². The SMILES string of the molecule is COc1cc(Br)c(C2(C=O)CC2)cc1O. The maximum absolute atomic E-state index is 11.0. The Morgan fingerprint density at radius 1 is 1.53 bits per heavy atom. The molecule has 1 N–H and O–H groups in total. The Labute approximate surface area is 96.2 Å². The Kier molecular flexibility index (Phi) is 2.46. The molecule has 3 nitrogen and oxygen atoms in total. The van der Waals surface area contributed by atoms with E-state index in [1.54, 1.807) is 12.1 Å². The van der Waals surface area contributed by atoms with E-state index in [9.17, 15) is 9.90 Å². The first kappa shape index (κ1) is 10.5. The van der Waals surface area contributed by atoms with Crippen LogP contribution in [0.4, 0.5) is 0 Å². The number of phenolic OH excluding ortho intramolecular Hbond substituents is 1. The Balaban J connectivity index is 2.50. The van der Waals surface area contributed by atoms with E-state index in [0.29, 0.717) is 5.75 Å². The summed E-state index contributed by atoms with van der Waals surface area (Å²) in [7, 11) is 1.49. The molecule has 0 radical (unpaired) electrons. The van der Waals surface area contributed by atoms with Crippen LogP contribution in [0, 0.1) is 0 Å². The minimum Gasteiger partial charge on any atom is -0.504 e. The standard InChI is InChI=1S/C11H11BrO3/c1-15-10-5-8(12)7(4-9(10)14)11(6-13)2-3-11/h4-6,14H,2-3H2,1H3. The van der Waals surface area contributed by atoms with E-state index in [4.69, 9.17) is 4.74 Å². The number of hydrogen-bond donors (Lipinski definition) is 1. The van der Waals surface area contributed by atoms with Gasteiger partial charge in [0.05, 0.1) is 12.5 Å². The summed E-state index contributed by atoms with van der Waals surface area (Å²) < 4.78 is 5.79. The molecule has 0 aromatic heterocycles. The summed E-state index contributed by atoms with van der Waals surface area (Å²) in [6, 6.07) is 3.29. The number of carbonyl (C=O) groups is 1. The topological polar surface area (TPSA) is 46.5 Å². The second kappa shape index (κ2) is 3.52. The van der Waals surface area contributed by atoms with Gasteiger partial charge in [0, 0.05) is 4.47 Å². The molecule has 80 valence electrons. The number of rotatable bonds is 3. The molecule has 1 aromatic carbocycles. The van der Waals surface area contributed by atoms with Crippen LogP contribution < -0.4 is 4.74 Å². The Morgan fingerprint density at radius 3 is 2.67 bits per heavy atom. The number of aldehydes is 1. The Morgan fingerprint density at radius 2 is 2.20 bits per heavy atom. The molecule has 0 heterocycles. The summed E-state index contributed by atoms with van der Waals surface area (Å²) in [4.78, 5) is 11.0. The van der Waals surface area contributed by atoms with Gasteiger partial charge in [-0.05, 0) is 30.5 Å². The first-order chi connectivity index (χ1) is 7.13. The fourth-order valence-electron chi connectivity index (χ4n) is 1.67. The van der Waals surface area contributed by atoms with Crippen LogP contribution in [-0.4, -0.2) is 18.5 Å². The lowest BCUT2D eigenvalue weighted by molar-refractivity contribution is -0.109. The van der Waals surface area contributed by atoms with E-state index in [2.05, 4.69) is 15.9 Å². The van der Waals surface area contributed by atoms with Crippen LogP contribution in [0.1, 0.15) is 18.4 Å². The fraction of sp³-hybridized carbons (Fsp3) is 0.364. The van der Waals surface area contributed by atoms with Crippen molar-refractivity contribution in [2.45, 2.75) is 18.3 Å². The van der Waals surface area contributed by atoms with Crippen LogP contribution in [-0.2, 0) is 10.2 Å². The highest BCUT2D eigenvalue weighted by Crippen LogP contribution is 2.50. The van der Waals surface area contributed by atoms with Gasteiger partial charge in [-0.3, -0.25) is 0 Å². The van der Waals surface area contributed by atoms with Gasteiger partial charge in [-0.2, -0.15) is 0 Å². The summed E-state index contributed by atoms with van der Waals surface area (Å²) in [5.74, 6) is 0.483. The quantitative estimate of drug-likeness (QED) is 0.858. The van der Waals surface area contributed by atoms with E-state index in [1.165, 1.54) is 7.11 Å². The van der Waals surface area contributed by atoms with Crippen LogP contribution in [0.25, 0.3) is 0 Å². The number of benzene rings is 1. The van der Waals surface area contributed by atoms with Gasteiger partial charge < -0.3 is 14.6 Å². The lowest BCUT2D eigenvalue weighted by Gasteiger charge is -2.13. The van der Waals surface area contributed by atoms with Gasteiger partial charge in [0.1, 0.15) is 6.29 Å². The number of phenols is 1. The minimum atomic E-state index is -0.386. The third-order valence-corrected chi connectivity index (χ3v) is 3.48. The molecule has 0 saturated heterocycles. The van der Waals surface area contributed by atoms with Gasteiger partial charge in [0.25, 0.3) is 0 Å². The van der Waals surface area contributed by atoms with Crippen LogP contribution >= 0.6 is 15.9 Å². The van der Waals surface area contributed by atoms with Crippen molar-refractivity contribution in [1.29, 1.82) is 0 Å². The van der Waals surface area contributed by atoms with Crippen LogP contribution in [0.2, 0.25) is 0 Å². The van der Waals surface area contributed by atoms with Crippen molar-refractivity contribution in [2.75, 3.05) is 7.11 Å². The van der Waals surface area contributed by atoms with Crippen molar-refractivity contribution in [1.82, 2.24) is 0 Å². The molecule has 1 aliphatic rings. The second-order valence-electron chi connectivity index (χ2n) is 3.78. The monoisotopic (exact) mass is 270 g/mol. The number of carbonyl (C=O) groups excluding carboxylic acids is 1. The van der Waals surface area contributed by atoms with Gasteiger partial charge in [0.2, 0.25) is 0 Å². The van der Waals surface area contributed by atoms with Crippen molar-refractivity contribution in [3.63, 3.8) is 0 Å². The van der Waals surface area contributed by atoms with Crippen molar-refractivity contribution in [3.8, 4) is 11.5 Å². The molecule has 1 saturated carbocycles. The largest absolute Gasteiger partial charge is 0.504 e. The second-order valence-corrected chi connectivity index (χ2v) is 4.63. The van der Waals surface area contributed by atoms with Gasteiger partial charge in [0.15, 0.2) is 11.5 Å². The summed E-state index contributed by atoms with van der Waals surface area (Å²) in [6.07, 6.45) is 2.65. The van der Waals surface area contributed by atoms with E-state index >= 15 is 0 Å². The highest BCUT2D eigenvalue weighted by atomic mass is 79.9. The zero-order valence-corrected chi connectivity index (χ0v) is 9.87. The molecular formula is C11H11BrO3. The molecule has 15 heavy (non-hydrogen) atoms. The van der Waals surface area contributed by atoms with Gasteiger partial charge >= 0.3 is 0 Å². The molecule has 0 unspecified atom stereocenters. The van der Waals surface area contributed by atoms with Crippen molar-refractivity contribution in [3.05, 3.63) is 22.2 Å². The molecule has 0 aliphatic heterocycles. The Bertz CT molecular complexity index is 411. The van der Waals surface area contributed by atoms with Crippen molar-refractivity contribution in [2.24, 2.45) is 0 Å². The predicted octanol–water partition coefficient (Wildman–Crippen LogP) is 2.39. The molecule has 1 aromatic rings. The zero-order chi connectivity index (χ0) is 11.1. The summed E-state index contributed by atoms with van der Waals surface area (Å²) in [6.45, 7) is 0. The molecule has 2 rings (SSSR count). The lowest BCUT2D eigenvalue weighted by Crippen LogP contribution is -2.08. The summed E-state index contributed by atoms with van der Waals surface area (Å²) in [5, 5.41) is 9.64. The summed E-state index contributed by atoms with van der Waals surface area (Å²) >= 11 is 3.39. The number of ether oxygens (including phenoxy) is 1. The maximum Gasteiger partial charge on any atom is 0.161 e. The molecule has 4 heteroatoms. The molecule has 0 atom stereocenters. The molecule has 1 fully saturated rings. The predicted molar refractivity (Wildman–Crippen MR) is 59.3 cm³/mol. The van der Waals surface area contributed by atoms with Crippen LogP contribution in [0.5, 0.6) is 11.5 Å². The van der Waals surface area contributed by atoms with Crippen LogP contribution in [0.15, 0.2) is 16.6 Å². The van der Waals surface area contributed by atoms with E-state index in [0.717, 1.165) is 29.2 Å². The molecule has 0 amide bonds. The number of methoxy groups -OCH3 is 1. The Hall–Kier alpha value is -1.03. The first-order valence-electron chi connectivity index (χ1n) is 4.66. The normalized spacial score (nSPS) is 17.2. The highest BCUT2D eigenvalue weighted by molar-refractivity contribution is 9.10. The lowest BCUT2D eigenvalue weighted by atomic mass is 9.97. The molecule has 0 spiro atoms. The van der Waals surface area contributed by atoms with Crippen molar-refractivity contribution >= 4 is 22.2 Å². The zero-order valence-electron chi connectivity index (χ0n) is 8.29. The number of aromatic hydroxyl groups is 1. The van der Waals surface area contributed by atoms with Gasteiger partial charge in [-0.25, -0.2) is 0 Å². The smallest absolute Gasteiger partial charge is 0.161 e.